The van der Waals surface area contributed by atoms with E-state index in [9.17, 15) is 4.79 Å². The van der Waals surface area contributed by atoms with Crippen LogP contribution in [0.15, 0.2) is 29.4 Å². The fourth-order valence-electron chi connectivity index (χ4n) is 1.63. The Hall–Kier alpha value is -1.36. The lowest BCUT2D eigenvalue weighted by atomic mass is 10.0. The smallest absolute Gasteiger partial charge is 0.253 e. The van der Waals surface area contributed by atoms with Gasteiger partial charge in [0.15, 0.2) is 6.10 Å². The summed E-state index contributed by atoms with van der Waals surface area (Å²) in [4.78, 5) is 18.5. The first-order chi connectivity index (χ1) is 8.08. The minimum Gasteiger partial charge on any atom is -0.386 e. The number of carbonyl (C=O) groups excluding carboxylic acids is 1. The topological polar surface area (TPSA) is 41.9 Å². The SMILES string of the molecule is CN(C)C(=O)c1ccc([C@H]2CC(Br)=NO2)cc1. The van der Waals surface area contributed by atoms with Gasteiger partial charge in [0.2, 0.25) is 0 Å². The molecule has 1 aliphatic heterocycles. The maximum absolute atomic E-state index is 11.7. The molecule has 0 radical (unpaired) electrons. The van der Waals surface area contributed by atoms with E-state index in [0.29, 0.717) is 5.56 Å². The van der Waals surface area contributed by atoms with Crippen molar-refractivity contribution >= 4 is 26.5 Å². The molecule has 2 rings (SSSR count). The van der Waals surface area contributed by atoms with Crippen molar-refractivity contribution in [2.75, 3.05) is 14.1 Å². The minimum absolute atomic E-state index is 0.00122. The van der Waals surface area contributed by atoms with E-state index in [2.05, 4.69) is 21.1 Å². The number of hydrogen-bond donors (Lipinski definition) is 0. The third-order valence-corrected chi connectivity index (χ3v) is 3.04. The summed E-state index contributed by atoms with van der Waals surface area (Å²) < 4.78 is 0.816. The lowest BCUT2D eigenvalue weighted by Crippen LogP contribution is -2.21. The third-order valence-electron chi connectivity index (χ3n) is 2.57. The normalized spacial score (nSPS) is 18.5. The first-order valence-electron chi connectivity index (χ1n) is 5.27. The lowest BCUT2D eigenvalue weighted by Gasteiger charge is -2.12. The molecule has 1 amide bonds. The minimum atomic E-state index is -0.0483. The van der Waals surface area contributed by atoms with Gasteiger partial charge in [-0.15, -0.1) is 0 Å². The van der Waals surface area contributed by atoms with E-state index in [1.54, 1.807) is 19.0 Å². The van der Waals surface area contributed by atoms with Crippen molar-refractivity contribution in [2.45, 2.75) is 12.5 Å². The Morgan fingerprint density at radius 1 is 1.41 bits per heavy atom. The third kappa shape index (κ3) is 2.66. The summed E-state index contributed by atoms with van der Waals surface area (Å²) in [5.74, 6) is 0.00122. The lowest BCUT2D eigenvalue weighted by molar-refractivity contribution is 0.0823. The second kappa shape index (κ2) is 4.87. The van der Waals surface area contributed by atoms with Crippen LogP contribution in [0.25, 0.3) is 0 Å². The molecule has 1 aliphatic rings. The maximum atomic E-state index is 11.7. The van der Waals surface area contributed by atoms with E-state index in [1.807, 2.05) is 24.3 Å². The van der Waals surface area contributed by atoms with Crippen LogP contribution in [0.4, 0.5) is 0 Å². The summed E-state index contributed by atoms with van der Waals surface area (Å²) in [5, 5.41) is 3.84. The molecular weight excluding hydrogens is 284 g/mol. The summed E-state index contributed by atoms with van der Waals surface area (Å²) in [5.41, 5.74) is 1.70. The molecule has 0 spiro atoms. The number of nitrogens with zero attached hydrogens (tertiary/aromatic N) is 2. The fraction of sp³-hybridized carbons (Fsp3) is 0.333. The summed E-state index contributed by atoms with van der Waals surface area (Å²) in [6, 6.07) is 7.44. The Balaban J connectivity index is 2.11. The molecule has 1 aromatic rings. The molecule has 0 saturated carbocycles. The van der Waals surface area contributed by atoms with Gasteiger partial charge in [0, 0.05) is 26.1 Å². The van der Waals surface area contributed by atoms with Crippen molar-refractivity contribution in [3.05, 3.63) is 35.4 Å². The van der Waals surface area contributed by atoms with Crippen molar-refractivity contribution < 1.29 is 9.63 Å². The monoisotopic (exact) mass is 296 g/mol. The summed E-state index contributed by atoms with van der Waals surface area (Å²) in [6.45, 7) is 0. The molecule has 1 aromatic carbocycles. The molecule has 0 bridgehead atoms. The van der Waals surface area contributed by atoms with Gasteiger partial charge in [0.1, 0.15) is 4.62 Å². The Kier molecular flexibility index (Phi) is 3.47. The highest BCUT2D eigenvalue weighted by Crippen LogP contribution is 2.29. The molecule has 4 nitrogen and oxygen atoms in total. The largest absolute Gasteiger partial charge is 0.386 e. The van der Waals surface area contributed by atoms with Crippen molar-refractivity contribution in [1.82, 2.24) is 4.90 Å². The van der Waals surface area contributed by atoms with Crippen molar-refractivity contribution in [3.63, 3.8) is 0 Å². The number of amides is 1. The molecule has 90 valence electrons. The molecule has 5 heteroatoms. The average molecular weight is 297 g/mol. The van der Waals surface area contributed by atoms with E-state index >= 15 is 0 Å². The Labute approximate surface area is 108 Å². The molecule has 0 saturated heterocycles. The molecule has 0 unspecified atom stereocenters. The molecule has 0 aromatic heterocycles. The van der Waals surface area contributed by atoms with Gasteiger partial charge < -0.3 is 9.74 Å². The highest BCUT2D eigenvalue weighted by molar-refractivity contribution is 9.18. The molecule has 0 fully saturated rings. The maximum Gasteiger partial charge on any atom is 0.253 e. The number of oxime groups is 1. The number of carbonyl (C=O) groups is 1. The zero-order valence-corrected chi connectivity index (χ0v) is 11.3. The standard InChI is InChI=1S/C12H13BrN2O2/c1-15(2)12(16)9-5-3-8(4-6-9)10-7-11(13)14-17-10/h3-6,10H,7H2,1-2H3/t10-/m1/s1. The summed E-state index contributed by atoms with van der Waals surface area (Å²) in [7, 11) is 3.47. The van der Waals surface area contributed by atoms with Crippen LogP contribution < -0.4 is 0 Å². The van der Waals surface area contributed by atoms with Crippen LogP contribution in [0.5, 0.6) is 0 Å². The van der Waals surface area contributed by atoms with E-state index in [1.165, 1.54) is 0 Å². The van der Waals surface area contributed by atoms with Crippen LogP contribution in [0.3, 0.4) is 0 Å². The van der Waals surface area contributed by atoms with Gasteiger partial charge in [-0.25, -0.2) is 0 Å². The molecule has 1 heterocycles. The van der Waals surface area contributed by atoms with Crippen LogP contribution >= 0.6 is 15.9 Å². The van der Waals surface area contributed by atoms with Gasteiger partial charge in [-0.1, -0.05) is 17.3 Å². The Bertz CT molecular complexity index is 454. The van der Waals surface area contributed by atoms with Crippen LogP contribution in [0, 0.1) is 0 Å². The average Bonchev–Trinajstić information content (AvgIpc) is 2.75. The van der Waals surface area contributed by atoms with Crippen LogP contribution in [0.2, 0.25) is 0 Å². The number of hydrogen-bond acceptors (Lipinski definition) is 3. The molecule has 0 aliphatic carbocycles. The van der Waals surface area contributed by atoms with Gasteiger partial charge in [-0.2, -0.15) is 0 Å². The summed E-state index contributed by atoms with van der Waals surface area (Å²) >= 11 is 3.30. The number of halogens is 1. The highest BCUT2D eigenvalue weighted by Gasteiger charge is 2.21. The van der Waals surface area contributed by atoms with Crippen LogP contribution in [-0.2, 0) is 4.84 Å². The van der Waals surface area contributed by atoms with Crippen molar-refractivity contribution in [1.29, 1.82) is 0 Å². The van der Waals surface area contributed by atoms with Gasteiger partial charge in [-0.3, -0.25) is 4.79 Å². The second-order valence-corrected chi connectivity index (χ2v) is 5.00. The Morgan fingerprint density at radius 3 is 2.53 bits per heavy atom. The van der Waals surface area contributed by atoms with Crippen molar-refractivity contribution in [3.8, 4) is 0 Å². The van der Waals surface area contributed by atoms with E-state index in [4.69, 9.17) is 4.84 Å². The van der Waals surface area contributed by atoms with Gasteiger partial charge in [-0.05, 0) is 33.6 Å². The number of rotatable bonds is 2. The predicted molar refractivity (Wildman–Crippen MR) is 69.3 cm³/mol. The zero-order chi connectivity index (χ0) is 12.4. The van der Waals surface area contributed by atoms with Crippen molar-refractivity contribution in [2.24, 2.45) is 5.16 Å². The van der Waals surface area contributed by atoms with Gasteiger partial charge in [0.05, 0.1) is 0 Å². The second-order valence-electron chi connectivity index (χ2n) is 4.09. The molecule has 1 atom stereocenters. The van der Waals surface area contributed by atoms with Gasteiger partial charge >= 0.3 is 0 Å². The quantitative estimate of drug-likeness (QED) is 0.842. The molecular formula is C12H13BrN2O2. The van der Waals surface area contributed by atoms with E-state index in [0.717, 1.165) is 16.6 Å². The van der Waals surface area contributed by atoms with Crippen LogP contribution in [0.1, 0.15) is 28.4 Å². The fourth-order valence-corrected chi connectivity index (χ4v) is 2.00. The first kappa shape index (κ1) is 12.1. The van der Waals surface area contributed by atoms with E-state index < -0.39 is 0 Å². The predicted octanol–water partition coefficient (Wildman–Crippen LogP) is 2.56. The summed E-state index contributed by atoms with van der Waals surface area (Å²) in [6.07, 6.45) is 0.689. The highest BCUT2D eigenvalue weighted by atomic mass is 79.9. The zero-order valence-electron chi connectivity index (χ0n) is 9.68. The van der Waals surface area contributed by atoms with Crippen LogP contribution in [-0.4, -0.2) is 29.5 Å². The Morgan fingerprint density at radius 2 is 2.06 bits per heavy atom. The molecule has 0 N–H and O–H groups in total. The van der Waals surface area contributed by atoms with E-state index in [-0.39, 0.29) is 12.0 Å². The van der Waals surface area contributed by atoms with Gasteiger partial charge in [0.25, 0.3) is 5.91 Å². The first-order valence-corrected chi connectivity index (χ1v) is 6.07. The number of benzene rings is 1. The molecule has 17 heavy (non-hydrogen) atoms.